The highest BCUT2D eigenvalue weighted by atomic mass is 16.5. The Labute approximate surface area is 94.0 Å². The van der Waals surface area contributed by atoms with Gasteiger partial charge in [-0.3, -0.25) is 9.59 Å². The van der Waals surface area contributed by atoms with Gasteiger partial charge in [-0.1, -0.05) is 11.6 Å². The van der Waals surface area contributed by atoms with Gasteiger partial charge >= 0.3 is 11.9 Å². The molecule has 1 aliphatic heterocycles. The normalized spacial score (nSPS) is 17.4. The summed E-state index contributed by atoms with van der Waals surface area (Å²) in [6.07, 6.45) is 2.15. The van der Waals surface area contributed by atoms with Gasteiger partial charge in [-0.2, -0.15) is 0 Å². The van der Waals surface area contributed by atoms with Crippen molar-refractivity contribution < 1.29 is 24.2 Å². The van der Waals surface area contributed by atoms with E-state index in [4.69, 9.17) is 14.6 Å². The van der Waals surface area contributed by atoms with E-state index in [1.807, 2.05) is 0 Å². The van der Waals surface area contributed by atoms with Crippen LogP contribution in [0.15, 0.2) is 11.6 Å². The zero-order valence-electron chi connectivity index (χ0n) is 9.27. The van der Waals surface area contributed by atoms with Gasteiger partial charge in [-0.25, -0.2) is 0 Å². The molecule has 1 rings (SSSR count). The molecule has 1 heterocycles. The smallest absolute Gasteiger partial charge is 0.313 e. The van der Waals surface area contributed by atoms with E-state index in [9.17, 15) is 9.59 Å². The van der Waals surface area contributed by atoms with E-state index in [2.05, 4.69) is 0 Å². The third-order valence-corrected chi connectivity index (χ3v) is 2.40. The minimum Gasteiger partial charge on any atom is -0.481 e. The van der Waals surface area contributed by atoms with Crippen LogP contribution in [0.3, 0.4) is 0 Å². The molecular weight excluding hydrogens is 212 g/mol. The minimum atomic E-state index is -0.995. The quantitative estimate of drug-likeness (QED) is 0.561. The first kappa shape index (κ1) is 12.7. The Morgan fingerprint density at radius 3 is 2.88 bits per heavy atom. The predicted octanol–water partition coefficient (Wildman–Crippen LogP) is 0.987. The maximum Gasteiger partial charge on any atom is 0.313 e. The molecule has 0 fully saturated rings. The fraction of sp³-hybridized carbons (Fsp3) is 0.636. The number of aliphatic carboxylic acids is 1. The minimum absolute atomic E-state index is 0.218. The van der Waals surface area contributed by atoms with Crippen molar-refractivity contribution >= 4 is 11.9 Å². The summed E-state index contributed by atoms with van der Waals surface area (Å²) in [5.41, 5.74) is 0.812. The molecule has 16 heavy (non-hydrogen) atoms. The Hall–Kier alpha value is -1.36. The number of rotatable bonds is 5. The third-order valence-electron chi connectivity index (χ3n) is 2.40. The van der Waals surface area contributed by atoms with E-state index >= 15 is 0 Å². The summed E-state index contributed by atoms with van der Waals surface area (Å²) in [6.45, 7) is 2.93. The maximum absolute atomic E-state index is 11.6. The van der Waals surface area contributed by atoms with Crippen molar-refractivity contribution in [2.75, 3.05) is 19.8 Å². The number of ether oxygens (including phenoxy) is 2. The van der Waals surface area contributed by atoms with Crippen LogP contribution in [0.2, 0.25) is 0 Å². The second-order valence-electron chi connectivity index (χ2n) is 3.51. The standard InChI is InChI=1S/C11H16O5/c1-2-16-11(14)9(7-10(12)13)8-3-5-15-6-4-8/h3,9H,2,4-7H2,1H3,(H,12,13). The summed E-state index contributed by atoms with van der Waals surface area (Å²) in [6, 6.07) is 0. The van der Waals surface area contributed by atoms with Crippen molar-refractivity contribution in [2.24, 2.45) is 5.92 Å². The third kappa shape index (κ3) is 3.66. The van der Waals surface area contributed by atoms with Crippen molar-refractivity contribution in [3.05, 3.63) is 11.6 Å². The monoisotopic (exact) mass is 228 g/mol. The second-order valence-corrected chi connectivity index (χ2v) is 3.51. The highest BCUT2D eigenvalue weighted by Crippen LogP contribution is 2.23. The molecule has 0 aromatic rings. The van der Waals surface area contributed by atoms with Crippen molar-refractivity contribution in [1.82, 2.24) is 0 Å². The van der Waals surface area contributed by atoms with E-state index in [1.165, 1.54) is 0 Å². The van der Waals surface area contributed by atoms with E-state index in [-0.39, 0.29) is 13.0 Å². The van der Waals surface area contributed by atoms with Crippen LogP contribution in [0.5, 0.6) is 0 Å². The number of hydrogen-bond donors (Lipinski definition) is 1. The molecule has 0 saturated heterocycles. The van der Waals surface area contributed by atoms with Gasteiger partial charge in [0.1, 0.15) is 0 Å². The van der Waals surface area contributed by atoms with E-state index in [0.29, 0.717) is 19.6 Å². The molecule has 0 aliphatic carbocycles. The Bertz CT molecular complexity index is 295. The molecule has 0 aromatic carbocycles. The van der Waals surface area contributed by atoms with Gasteiger partial charge in [0.15, 0.2) is 0 Å². The maximum atomic E-state index is 11.6. The Balaban J connectivity index is 2.72. The lowest BCUT2D eigenvalue weighted by Crippen LogP contribution is -2.25. The number of hydrogen-bond acceptors (Lipinski definition) is 4. The highest BCUT2D eigenvalue weighted by molar-refractivity contribution is 5.81. The molecule has 5 heteroatoms. The molecule has 1 aliphatic rings. The number of carboxylic acid groups (broad SMARTS) is 1. The summed E-state index contributed by atoms with van der Waals surface area (Å²) < 4.78 is 9.99. The molecule has 0 saturated carbocycles. The van der Waals surface area contributed by atoms with Crippen molar-refractivity contribution in [1.29, 1.82) is 0 Å². The summed E-state index contributed by atoms with van der Waals surface area (Å²) in [5, 5.41) is 8.77. The SMILES string of the molecule is CCOC(=O)C(CC(=O)O)C1=CCOCC1. The molecule has 0 bridgehead atoms. The van der Waals surface area contributed by atoms with Gasteiger partial charge in [0.2, 0.25) is 0 Å². The predicted molar refractivity (Wildman–Crippen MR) is 55.9 cm³/mol. The van der Waals surface area contributed by atoms with E-state index < -0.39 is 17.9 Å². The Morgan fingerprint density at radius 2 is 2.38 bits per heavy atom. The van der Waals surface area contributed by atoms with Crippen LogP contribution >= 0.6 is 0 Å². The Kier molecular flexibility index (Phi) is 4.98. The fourth-order valence-corrected chi connectivity index (χ4v) is 1.64. The van der Waals surface area contributed by atoms with Crippen molar-refractivity contribution in [3.8, 4) is 0 Å². The van der Waals surface area contributed by atoms with Gasteiger partial charge in [-0.05, 0) is 13.3 Å². The van der Waals surface area contributed by atoms with Crippen LogP contribution in [0.25, 0.3) is 0 Å². The number of carbonyl (C=O) groups excluding carboxylic acids is 1. The van der Waals surface area contributed by atoms with Gasteiger partial charge in [0, 0.05) is 0 Å². The summed E-state index contributed by atoms with van der Waals surface area (Å²) in [4.78, 5) is 22.3. The van der Waals surface area contributed by atoms with Crippen LogP contribution in [-0.4, -0.2) is 36.9 Å². The summed E-state index contributed by atoms with van der Waals surface area (Å²) >= 11 is 0. The summed E-state index contributed by atoms with van der Waals surface area (Å²) in [7, 11) is 0. The van der Waals surface area contributed by atoms with Crippen LogP contribution in [0.4, 0.5) is 0 Å². The van der Waals surface area contributed by atoms with Crippen molar-refractivity contribution in [2.45, 2.75) is 19.8 Å². The molecule has 0 radical (unpaired) electrons. The Morgan fingerprint density at radius 1 is 1.62 bits per heavy atom. The van der Waals surface area contributed by atoms with Gasteiger partial charge in [-0.15, -0.1) is 0 Å². The number of esters is 1. The lowest BCUT2D eigenvalue weighted by Gasteiger charge is -2.20. The first-order valence-corrected chi connectivity index (χ1v) is 5.30. The largest absolute Gasteiger partial charge is 0.481 e. The average molecular weight is 228 g/mol. The molecule has 0 amide bonds. The van der Waals surface area contributed by atoms with Crippen LogP contribution in [-0.2, 0) is 19.1 Å². The van der Waals surface area contributed by atoms with Gasteiger partial charge in [0.05, 0.1) is 32.2 Å². The molecule has 90 valence electrons. The topological polar surface area (TPSA) is 72.8 Å². The second kappa shape index (κ2) is 6.27. The molecule has 0 aromatic heterocycles. The zero-order valence-corrected chi connectivity index (χ0v) is 9.27. The lowest BCUT2D eigenvalue weighted by atomic mass is 9.92. The first-order valence-electron chi connectivity index (χ1n) is 5.30. The first-order chi connectivity index (χ1) is 7.65. The molecule has 1 N–H and O–H groups in total. The van der Waals surface area contributed by atoms with E-state index in [1.54, 1.807) is 13.0 Å². The molecule has 1 unspecified atom stereocenters. The lowest BCUT2D eigenvalue weighted by molar-refractivity contribution is -0.151. The van der Waals surface area contributed by atoms with Crippen molar-refractivity contribution in [3.63, 3.8) is 0 Å². The molecular formula is C11H16O5. The van der Waals surface area contributed by atoms with E-state index in [0.717, 1.165) is 5.57 Å². The average Bonchev–Trinajstić information content (AvgIpc) is 2.27. The molecule has 5 nitrogen and oxygen atoms in total. The molecule has 1 atom stereocenters. The van der Waals surface area contributed by atoms with Crippen LogP contribution in [0, 0.1) is 5.92 Å². The van der Waals surface area contributed by atoms with Gasteiger partial charge < -0.3 is 14.6 Å². The zero-order chi connectivity index (χ0) is 12.0. The summed E-state index contributed by atoms with van der Waals surface area (Å²) in [5.74, 6) is -2.12. The van der Waals surface area contributed by atoms with Gasteiger partial charge in [0.25, 0.3) is 0 Å². The number of carbonyl (C=O) groups is 2. The highest BCUT2D eigenvalue weighted by Gasteiger charge is 2.27. The fourth-order valence-electron chi connectivity index (χ4n) is 1.64. The number of carboxylic acids is 1. The van der Waals surface area contributed by atoms with Crippen LogP contribution < -0.4 is 0 Å². The molecule has 0 spiro atoms. The van der Waals surface area contributed by atoms with Crippen LogP contribution in [0.1, 0.15) is 19.8 Å².